The van der Waals surface area contributed by atoms with Gasteiger partial charge in [0.1, 0.15) is 17.5 Å². The average Bonchev–Trinajstić information content (AvgIpc) is 2.85. The molecule has 0 aliphatic carbocycles. The first-order valence-electron chi connectivity index (χ1n) is 8.08. The van der Waals surface area contributed by atoms with Gasteiger partial charge < -0.3 is 15.0 Å². The normalized spacial score (nSPS) is 17.8. The van der Waals surface area contributed by atoms with Crippen LogP contribution in [-0.4, -0.2) is 55.1 Å². The first-order valence-corrected chi connectivity index (χ1v) is 9.90. The van der Waals surface area contributed by atoms with Crippen molar-refractivity contribution in [3.8, 4) is 0 Å². The Kier molecular flexibility index (Phi) is 5.72. The van der Waals surface area contributed by atoms with Crippen LogP contribution in [0.5, 0.6) is 0 Å². The largest absolute Gasteiger partial charge is 0.444 e. The van der Waals surface area contributed by atoms with E-state index in [0.29, 0.717) is 0 Å². The lowest BCUT2D eigenvalue weighted by Crippen LogP contribution is -2.50. The van der Waals surface area contributed by atoms with E-state index in [0.717, 1.165) is 5.56 Å². The minimum atomic E-state index is -3.24. The Labute approximate surface area is 148 Å². The summed E-state index contributed by atoms with van der Waals surface area (Å²) in [6.07, 6.45) is -0.445. The van der Waals surface area contributed by atoms with E-state index >= 15 is 0 Å². The lowest BCUT2D eigenvalue weighted by atomic mass is 10.1. The maximum Gasteiger partial charge on any atom is 0.408 e. The zero-order valence-electron chi connectivity index (χ0n) is 14.7. The van der Waals surface area contributed by atoms with Crippen molar-refractivity contribution in [2.75, 3.05) is 18.2 Å². The number of hydrogen-bond donors (Lipinski definition) is 1. The predicted molar refractivity (Wildman–Crippen MR) is 93.7 cm³/mol. The lowest BCUT2D eigenvalue weighted by Gasteiger charge is -2.25. The van der Waals surface area contributed by atoms with E-state index in [1.54, 1.807) is 20.8 Å². The second kappa shape index (κ2) is 7.43. The summed E-state index contributed by atoms with van der Waals surface area (Å²) < 4.78 is 28.5. The van der Waals surface area contributed by atoms with Crippen LogP contribution in [0.3, 0.4) is 0 Å². The van der Waals surface area contributed by atoms with E-state index in [1.165, 1.54) is 4.90 Å². The Morgan fingerprint density at radius 1 is 1.24 bits per heavy atom. The van der Waals surface area contributed by atoms with Crippen molar-refractivity contribution in [1.29, 1.82) is 0 Å². The summed E-state index contributed by atoms with van der Waals surface area (Å²) in [6.45, 7) is 5.33. The van der Waals surface area contributed by atoms with E-state index in [4.69, 9.17) is 4.74 Å². The maximum absolute atomic E-state index is 12.7. The number of rotatable bonds is 4. The van der Waals surface area contributed by atoms with E-state index in [1.807, 2.05) is 30.3 Å². The number of alkyl carbamates (subject to hydrolysis) is 1. The first kappa shape index (κ1) is 19.2. The number of nitrogens with zero attached hydrogens (tertiary/aromatic N) is 1. The van der Waals surface area contributed by atoms with Crippen molar-refractivity contribution in [3.63, 3.8) is 0 Å². The Morgan fingerprint density at radius 2 is 1.88 bits per heavy atom. The quantitative estimate of drug-likeness (QED) is 0.866. The molecule has 1 unspecified atom stereocenters. The Bertz CT molecular complexity index is 725. The highest BCUT2D eigenvalue weighted by Crippen LogP contribution is 2.13. The van der Waals surface area contributed by atoms with Gasteiger partial charge >= 0.3 is 6.09 Å². The summed E-state index contributed by atoms with van der Waals surface area (Å²) in [5.74, 6) is -0.785. The van der Waals surface area contributed by atoms with Crippen molar-refractivity contribution < 1.29 is 22.7 Å². The number of benzene rings is 1. The third kappa shape index (κ3) is 6.04. The molecule has 0 aromatic heterocycles. The minimum absolute atomic E-state index is 0.0523. The molecule has 1 aromatic carbocycles. The monoisotopic (exact) mass is 368 g/mol. The molecule has 1 aliphatic heterocycles. The number of hydrogen-bond acceptors (Lipinski definition) is 5. The fraction of sp³-hybridized carbons (Fsp3) is 0.529. The molecule has 2 rings (SSSR count). The van der Waals surface area contributed by atoms with Gasteiger partial charge in [-0.3, -0.25) is 4.79 Å². The molecule has 1 N–H and O–H groups in total. The smallest absolute Gasteiger partial charge is 0.408 e. The summed E-state index contributed by atoms with van der Waals surface area (Å²) in [4.78, 5) is 26.1. The van der Waals surface area contributed by atoms with Crippen LogP contribution in [0, 0.1) is 0 Å². The summed E-state index contributed by atoms with van der Waals surface area (Å²) >= 11 is 0. The fourth-order valence-electron chi connectivity index (χ4n) is 2.51. The van der Waals surface area contributed by atoms with Crippen LogP contribution in [-0.2, 0) is 25.8 Å². The highest BCUT2D eigenvalue weighted by Gasteiger charge is 2.34. The third-order valence-electron chi connectivity index (χ3n) is 3.61. The van der Waals surface area contributed by atoms with Gasteiger partial charge in [0.25, 0.3) is 0 Å². The van der Waals surface area contributed by atoms with E-state index in [-0.39, 0.29) is 24.6 Å². The Balaban J connectivity index is 2.14. The summed E-state index contributed by atoms with van der Waals surface area (Å²) in [7, 11) is -3.24. The number of sulfone groups is 1. The number of nitrogens with one attached hydrogen (secondary N) is 1. The molecule has 8 heteroatoms. The molecule has 2 amide bonds. The standard InChI is InChI=1S/C17H24N2O5S/c1-17(2,3)24-16(21)18-14(11-13-7-5-4-6-8-13)15(20)19-9-10-25(22,23)12-19/h4-8,14H,9-12H2,1-3H3,(H,18,21). The fourth-order valence-corrected chi connectivity index (χ4v) is 3.87. The van der Waals surface area contributed by atoms with Gasteiger partial charge in [0, 0.05) is 13.0 Å². The van der Waals surface area contributed by atoms with Crippen LogP contribution in [0.1, 0.15) is 26.3 Å². The zero-order valence-corrected chi connectivity index (χ0v) is 15.5. The van der Waals surface area contributed by atoms with E-state index < -0.39 is 33.5 Å². The van der Waals surface area contributed by atoms with Crippen molar-refractivity contribution >= 4 is 21.8 Å². The SMILES string of the molecule is CC(C)(C)OC(=O)NC(Cc1ccccc1)C(=O)N1CCS(=O)(=O)C1. The molecular formula is C17H24N2O5S. The van der Waals surface area contributed by atoms with Gasteiger partial charge in [0.05, 0.1) is 5.75 Å². The third-order valence-corrected chi connectivity index (χ3v) is 5.12. The van der Waals surface area contributed by atoms with Gasteiger partial charge in [0.2, 0.25) is 5.91 Å². The molecule has 0 saturated carbocycles. The predicted octanol–water partition coefficient (Wildman–Crippen LogP) is 1.34. The average molecular weight is 368 g/mol. The molecule has 1 heterocycles. The molecule has 1 atom stereocenters. The van der Waals surface area contributed by atoms with Gasteiger partial charge in [-0.25, -0.2) is 13.2 Å². The molecule has 1 aliphatic rings. The van der Waals surface area contributed by atoms with Crippen molar-refractivity contribution in [1.82, 2.24) is 10.2 Å². The summed E-state index contributed by atoms with van der Waals surface area (Å²) in [5.41, 5.74) is 0.167. The van der Waals surface area contributed by atoms with Gasteiger partial charge in [-0.2, -0.15) is 0 Å². The highest BCUT2D eigenvalue weighted by molar-refractivity contribution is 7.91. The van der Waals surface area contributed by atoms with Crippen LogP contribution >= 0.6 is 0 Å². The molecule has 1 saturated heterocycles. The van der Waals surface area contributed by atoms with Crippen LogP contribution in [0.25, 0.3) is 0 Å². The summed E-state index contributed by atoms with van der Waals surface area (Å²) in [5, 5.41) is 2.58. The molecular weight excluding hydrogens is 344 g/mol. The van der Waals surface area contributed by atoms with Crippen molar-refractivity contribution in [2.45, 2.75) is 38.8 Å². The zero-order chi connectivity index (χ0) is 18.7. The molecule has 0 radical (unpaired) electrons. The van der Waals surface area contributed by atoms with Crippen LogP contribution in [0.4, 0.5) is 4.79 Å². The van der Waals surface area contributed by atoms with Gasteiger partial charge in [-0.05, 0) is 26.3 Å². The lowest BCUT2D eigenvalue weighted by molar-refractivity contribution is -0.132. The first-order chi connectivity index (χ1) is 11.6. The van der Waals surface area contributed by atoms with Crippen LogP contribution < -0.4 is 5.32 Å². The molecule has 1 fully saturated rings. The highest BCUT2D eigenvalue weighted by atomic mass is 32.2. The Hall–Kier alpha value is -2.09. The summed E-state index contributed by atoms with van der Waals surface area (Å²) in [6, 6.07) is 8.34. The van der Waals surface area contributed by atoms with Crippen molar-refractivity contribution in [3.05, 3.63) is 35.9 Å². The van der Waals surface area contributed by atoms with Gasteiger partial charge in [-0.15, -0.1) is 0 Å². The number of ether oxygens (including phenoxy) is 1. The molecule has 0 bridgehead atoms. The number of carbonyl (C=O) groups excluding carboxylic acids is 2. The topological polar surface area (TPSA) is 92.8 Å². The Morgan fingerprint density at radius 3 is 2.40 bits per heavy atom. The molecule has 138 valence electrons. The molecule has 7 nitrogen and oxygen atoms in total. The van der Waals surface area contributed by atoms with E-state index in [9.17, 15) is 18.0 Å². The number of amides is 2. The van der Waals surface area contributed by atoms with Crippen LogP contribution in [0.15, 0.2) is 30.3 Å². The minimum Gasteiger partial charge on any atom is -0.444 e. The molecule has 0 spiro atoms. The second-order valence-electron chi connectivity index (χ2n) is 7.07. The van der Waals surface area contributed by atoms with Crippen LogP contribution in [0.2, 0.25) is 0 Å². The van der Waals surface area contributed by atoms with E-state index in [2.05, 4.69) is 5.32 Å². The maximum atomic E-state index is 12.7. The molecule has 25 heavy (non-hydrogen) atoms. The molecule has 1 aromatic rings. The van der Waals surface area contributed by atoms with Crippen molar-refractivity contribution in [2.24, 2.45) is 0 Å². The number of carbonyl (C=O) groups is 2. The van der Waals surface area contributed by atoms with Gasteiger partial charge in [-0.1, -0.05) is 30.3 Å². The van der Waals surface area contributed by atoms with Gasteiger partial charge in [0.15, 0.2) is 9.84 Å². The second-order valence-corrected chi connectivity index (χ2v) is 9.22.